The Morgan fingerprint density at radius 3 is 2.56 bits per heavy atom. The van der Waals surface area contributed by atoms with E-state index in [4.69, 9.17) is 10.8 Å². The van der Waals surface area contributed by atoms with E-state index in [0.717, 1.165) is 18.3 Å². The minimum Gasteiger partial charge on any atom is -0.396 e. The first-order valence-corrected chi connectivity index (χ1v) is 7.50. The number of aliphatic hydroxyl groups is 1. The molecule has 0 saturated heterocycles. The van der Waals surface area contributed by atoms with Gasteiger partial charge in [0.2, 0.25) is 0 Å². The maximum absolute atomic E-state index is 8.93. The van der Waals surface area contributed by atoms with Gasteiger partial charge >= 0.3 is 0 Å². The summed E-state index contributed by atoms with van der Waals surface area (Å²) in [6, 6.07) is 0.362. The summed E-state index contributed by atoms with van der Waals surface area (Å²) >= 11 is 1.99. The number of hydrogen-bond acceptors (Lipinski definition) is 3. The Morgan fingerprint density at radius 1 is 1.31 bits per heavy atom. The summed E-state index contributed by atoms with van der Waals surface area (Å²) in [5.41, 5.74) is 6.20. The van der Waals surface area contributed by atoms with Crippen LogP contribution < -0.4 is 5.73 Å². The topological polar surface area (TPSA) is 46.2 Å². The van der Waals surface area contributed by atoms with E-state index in [1.807, 2.05) is 11.8 Å². The monoisotopic (exact) mass is 245 g/mol. The molecule has 0 heterocycles. The Balaban J connectivity index is 2.43. The van der Waals surface area contributed by atoms with Gasteiger partial charge in [-0.25, -0.2) is 0 Å². The zero-order valence-electron chi connectivity index (χ0n) is 10.9. The normalized spacial score (nSPS) is 33.0. The van der Waals surface area contributed by atoms with Crippen LogP contribution in [0, 0.1) is 11.8 Å². The third-order valence-electron chi connectivity index (χ3n) is 3.77. The molecule has 2 nitrogen and oxygen atoms in total. The summed E-state index contributed by atoms with van der Waals surface area (Å²) in [7, 11) is 0. The van der Waals surface area contributed by atoms with E-state index in [1.54, 1.807) is 0 Å². The van der Waals surface area contributed by atoms with Crippen molar-refractivity contribution in [2.45, 2.75) is 63.0 Å². The van der Waals surface area contributed by atoms with Gasteiger partial charge in [0.25, 0.3) is 0 Å². The van der Waals surface area contributed by atoms with Crippen molar-refractivity contribution in [2.75, 3.05) is 6.61 Å². The van der Waals surface area contributed by atoms with Crippen molar-refractivity contribution in [3.63, 3.8) is 0 Å². The predicted octanol–water partition coefficient (Wildman–Crippen LogP) is 2.64. The zero-order valence-corrected chi connectivity index (χ0v) is 11.7. The molecule has 1 fully saturated rings. The quantitative estimate of drug-likeness (QED) is 0.783. The Bertz CT molecular complexity index is 198. The molecule has 16 heavy (non-hydrogen) atoms. The molecule has 4 atom stereocenters. The zero-order chi connectivity index (χ0) is 12.1. The third kappa shape index (κ3) is 4.27. The fourth-order valence-electron chi connectivity index (χ4n) is 2.49. The minimum atomic E-state index is 0.295. The first kappa shape index (κ1) is 14.3. The van der Waals surface area contributed by atoms with E-state index in [2.05, 4.69) is 20.8 Å². The molecule has 0 aromatic heterocycles. The summed E-state index contributed by atoms with van der Waals surface area (Å²) in [6.45, 7) is 7.14. The molecule has 1 aliphatic rings. The van der Waals surface area contributed by atoms with Crippen LogP contribution in [0.25, 0.3) is 0 Å². The summed E-state index contributed by atoms with van der Waals surface area (Å²) in [5.74, 6) is 1.63. The van der Waals surface area contributed by atoms with Crippen LogP contribution in [0.2, 0.25) is 0 Å². The van der Waals surface area contributed by atoms with Gasteiger partial charge in [-0.1, -0.05) is 20.8 Å². The highest BCUT2D eigenvalue weighted by molar-refractivity contribution is 8.00. The highest BCUT2D eigenvalue weighted by Gasteiger charge is 2.30. The van der Waals surface area contributed by atoms with Gasteiger partial charge in [0.15, 0.2) is 0 Å². The number of aliphatic hydroxyl groups excluding tert-OH is 1. The summed E-state index contributed by atoms with van der Waals surface area (Å²) in [6.07, 6.45) is 4.62. The minimum absolute atomic E-state index is 0.295. The SMILES string of the molecule is CC(CCO)SC1CC(C(C)C)CCC1N. The second-order valence-corrected chi connectivity index (χ2v) is 7.16. The van der Waals surface area contributed by atoms with E-state index >= 15 is 0 Å². The van der Waals surface area contributed by atoms with Crippen LogP contribution in [0.3, 0.4) is 0 Å². The lowest BCUT2D eigenvalue weighted by molar-refractivity contribution is 0.264. The molecule has 0 aromatic carbocycles. The Hall–Kier alpha value is 0.270. The molecule has 96 valence electrons. The standard InChI is InChI=1S/C13H27NOS/c1-9(2)11-4-5-12(14)13(8-11)16-10(3)6-7-15/h9-13,15H,4-8,14H2,1-3H3. The molecule has 1 saturated carbocycles. The highest BCUT2D eigenvalue weighted by Crippen LogP contribution is 2.37. The second kappa shape index (κ2) is 6.87. The molecule has 0 aromatic rings. The largest absolute Gasteiger partial charge is 0.396 e. The lowest BCUT2D eigenvalue weighted by Gasteiger charge is -2.36. The Morgan fingerprint density at radius 2 is 2.00 bits per heavy atom. The molecule has 0 spiro atoms. The van der Waals surface area contributed by atoms with Crippen molar-refractivity contribution in [3.8, 4) is 0 Å². The van der Waals surface area contributed by atoms with Gasteiger partial charge < -0.3 is 10.8 Å². The van der Waals surface area contributed by atoms with Gasteiger partial charge in [-0.05, 0) is 37.5 Å². The lowest BCUT2D eigenvalue weighted by Crippen LogP contribution is -2.40. The molecule has 0 aliphatic heterocycles. The summed E-state index contributed by atoms with van der Waals surface area (Å²) in [4.78, 5) is 0. The molecule has 3 heteroatoms. The van der Waals surface area contributed by atoms with Crippen LogP contribution in [0.4, 0.5) is 0 Å². The lowest BCUT2D eigenvalue weighted by atomic mass is 9.79. The Labute approximate surface area is 104 Å². The van der Waals surface area contributed by atoms with E-state index in [0.29, 0.717) is 23.1 Å². The van der Waals surface area contributed by atoms with E-state index in [9.17, 15) is 0 Å². The fourth-order valence-corrected chi connectivity index (χ4v) is 4.03. The van der Waals surface area contributed by atoms with Gasteiger partial charge in [0.1, 0.15) is 0 Å². The van der Waals surface area contributed by atoms with Crippen LogP contribution in [0.5, 0.6) is 0 Å². The smallest absolute Gasteiger partial charge is 0.0441 e. The molecular formula is C13H27NOS. The molecule has 1 rings (SSSR count). The second-order valence-electron chi connectivity index (χ2n) is 5.48. The van der Waals surface area contributed by atoms with Gasteiger partial charge in [-0.3, -0.25) is 0 Å². The maximum atomic E-state index is 8.93. The van der Waals surface area contributed by atoms with Crippen molar-refractivity contribution in [1.82, 2.24) is 0 Å². The average Bonchev–Trinajstić information content (AvgIpc) is 2.21. The van der Waals surface area contributed by atoms with E-state index in [-0.39, 0.29) is 0 Å². The molecular weight excluding hydrogens is 218 g/mol. The summed E-state index contributed by atoms with van der Waals surface area (Å²) in [5, 5.41) is 10.1. The van der Waals surface area contributed by atoms with Crippen molar-refractivity contribution in [1.29, 1.82) is 0 Å². The Kier molecular flexibility index (Phi) is 6.16. The van der Waals surface area contributed by atoms with E-state index < -0.39 is 0 Å². The van der Waals surface area contributed by atoms with Crippen LogP contribution >= 0.6 is 11.8 Å². The number of nitrogens with two attached hydrogens (primary N) is 1. The van der Waals surface area contributed by atoms with Crippen LogP contribution in [-0.2, 0) is 0 Å². The molecule has 0 bridgehead atoms. The average molecular weight is 245 g/mol. The molecule has 0 amide bonds. The highest BCUT2D eigenvalue weighted by atomic mass is 32.2. The number of thioether (sulfide) groups is 1. The van der Waals surface area contributed by atoms with Gasteiger partial charge in [0, 0.05) is 23.1 Å². The maximum Gasteiger partial charge on any atom is 0.0441 e. The predicted molar refractivity (Wildman–Crippen MR) is 72.7 cm³/mol. The van der Waals surface area contributed by atoms with Crippen LogP contribution in [0.15, 0.2) is 0 Å². The van der Waals surface area contributed by atoms with Gasteiger partial charge in [-0.2, -0.15) is 11.8 Å². The van der Waals surface area contributed by atoms with Gasteiger partial charge in [-0.15, -0.1) is 0 Å². The third-order valence-corrected chi connectivity index (χ3v) is 5.36. The van der Waals surface area contributed by atoms with Crippen molar-refractivity contribution in [3.05, 3.63) is 0 Å². The van der Waals surface area contributed by atoms with Crippen molar-refractivity contribution >= 4 is 11.8 Å². The number of rotatable bonds is 5. The molecule has 4 unspecified atom stereocenters. The summed E-state index contributed by atoms with van der Waals surface area (Å²) < 4.78 is 0. The van der Waals surface area contributed by atoms with E-state index in [1.165, 1.54) is 19.3 Å². The fraction of sp³-hybridized carbons (Fsp3) is 1.00. The first-order chi connectivity index (χ1) is 7.54. The van der Waals surface area contributed by atoms with Crippen molar-refractivity contribution < 1.29 is 5.11 Å². The van der Waals surface area contributed by atoms with Gasteiger partial charge in [0.05, 0.1) is 0 Å². The molecule has 1 aliphatic carbocycles. The number of hydrogen-bond donors (Lipinski definition) is 2. The molecule has 3 N–H and O–H groups in total. The van der Waals surface area contributed by atoms with Crippen LogP contribution in [-0.4, -0.2) is 28.3 Å². The first-order valence-electron chi connectivity index (χ1n) is 6.56. The van der Waals surface area contributed by atoms with Crippen LogP contribution in [0.1, 0.15) is 46.5 Å². The molecule has 0 radical (unpaired) electrons. The van der Waals surface area contributed by atoms with Crippen molar-refractivity contribution in [2.24, 2.45) is 17.6 Å².